The number of nitro benzene ring substituents is 1. The fourth-order valence-electron chi connectivity index (χ4n) is 3.31. The molecule has 1 heterocycles. The zero-order valence-corrected chi connectivity index (χ0v) is 16.4. The first-order valence-electron chi connectivity index (χ1n) is 9.50. The number of non-ortho nitro benzene ring substituents is 1. The fraction of sp³-hybridized carbons (Fsp3) is 0.333. The topological polar surface area (TPSA) is 102 Å². The van der Waals surface area contributed by atoms with Gasteiger partial charge in [-0.15, -0.1) is 0 Å². The van der Waals surface area contributed by atoms with Gasteiger partial charge in [0, 0.05) is 42.2 Å². The van der Waals surface area contributed by atoms with Crippen LogP contribution in [0.25, 0.3) is 0 Å². The van der Waals surface area contributed by atoms with Crippen LogP contribution in [0.5, 0.6) is 0 Å². The van der Waals surface area contributed by atoms with Gasteiger partial charge in [-0.25, -0.2) is 4.79 Å². The Balaban J connectivity index is 1.77. The second-order valence-electron chi connectivity index (χ2n) is 7.09. The van der Waals surface area contributed by atoms with E-state index in [1.54, 1.807) is 19.1 Å². The highest BCUT2D eigenvalue weighted by Crippen LogP contribution is 2.25. The zero-order valence-electron chi connectivity index (χ0n) is 16.4. The summed E-state index contributed by atoms with van der Waals surface area (Å²) in [6.07, 6.45) is 1.16. The number of benzene rings is 2. The van der Waals surface area contributed by atoms with Gasteiger partial charge in [-0.1, -0.05) is 6.92 Å². The van der Waals surface area contributed by atoms with E-state index in [4.69, 9.17) is 4.74 Å². The summed E-state index contributed by atoms with van der Waals surface area (Å²) < 4.78 is 4.89. The molecule has 1 N–H and O–H groups in total. The third-order valence-corrected chi connectivity index (χ3v) is 4.82. The van der Waals surface area contributed by atoms with E-state index in [-0.39, 0.29) is 23.4 Å². The number of carbonyl (C=O) groups excluding carboxylic acids is 2. The van der Waals surface area contributed by atoms with Crippen molar-refractivity contribution in [3.8, 4) is 0 Å². The van der Waals surface area contributed by atoms with Crippen molar-refractivity contribution in [2.24, 2.45) is 5.92 Å². The molecule has 0 radical (unpaired) electrons. The average Bonchev–Trinajstić information content (AvgIpc) is 3.14. The highest BCUT2D eigenvalue weighted by molar-refractivity contribution is 6.06. The summed E-state index contributed by atoms with van der Waals surface area (Å²) in [5, 5.41) is 13.9. The van der Waals surface area contributed by atoms with Crippen molar-refractivity contribution in [2.75, 3.05) is 29.9 Å². The van der Waals surface area contributed by atoms with Crippen molar-refractivity contribution in [2.45, 2.75) is 20.3 Å². The Morgan fingerprint density at radius 3 is 2.48 bits per heavy atom. The standard InChI is InChI=1S/C21H23N3O5/c1-3-29-21(26)16-10-15(11-19(12-16)24(27)28)20(25)22-17-4-6-18(7-5-17)23-9-8-14(2)13-23/h4-7,10-12,14H,3,8-9,13H2,1-2H3,(H,22,25). The van der Waals surface area contributed by atoms with Crippen molar-refractivity contribution in [1.82, 2.24) is 0 Å². The molecular weight excluding hydrogens is 374 g/mol. The molecule has 0 aromatic heterocycles. The van der Waals surface area contributed by atoms with Gasteiger partial charge in [-0.05, 0) is 49.6 Å². The quantitative estimate of drug-likeness (QED) is 0.451. The molecule has 1 saturated heterocycles. The number of nitrogens with zero attached hydrogens (tertiary/aromatic N) is 2. The largest absolute Gasteiger partial charge is 0.462 e. The SMILES string of the molecule is CCOC(=O)c1cc(C(=O)Nc2ccc(N3CCC(C)C3)cc2)cc([N+](=O)[O-])c1. The maximum atomic E-state index is 12.6. The molecule has 29 heavy (non-hydrogen) atoms. The van der Waals surface area contributed by atoms with E-state index in [1.807, 2.05) is 12.1 Å². The van der Waals surface area contributed by atoms with Crippen LogP contribution in [0.4, 0.5) is 17.1 Å². The van der Waals surface area contributed by atoms with Gasteiger partial charge in [-0.3, -0.25) is 14.9 Å². The predicted octanol–water partition coefficient (Wildman–Crippen LogP) is 3.87. The van der Waals surface area contributed by atoms with E-state index in [0.29, 0.717) is 11.6 Å². The Hall–Kier alpha value is -3.42. The second-order valence-corrected chi connectivity index (χ2v) is 7.09. The molecule has 152 valence electrons. The van der Waals surface area contributed by atoms with Gasteiger partial charge >= 0.3 is 5.97 Å². The smallest absolute Gasteiger partial charge is 0.338 e. The lowest BCUT2D eigenvalue weighted by Crippen LogP contribution is -2.19. The van der Waals surface area contributed by atoms with E-state index in [1.165, 1.54) is 6.07 Å². The van der Waals surface area contributed by atoms with Crippen LogP contribution in [0.3, 0.4) is 0 Å². The molecule has 0 aliphatic carbocycles. The van der Waals surface area contributed by atoms with Crippen LogP contribution in [0.2, 0.25) is 0 Å². The summed E-state index contributed by atoms with van der Waals surface area (Å²) in [5.74, 6) is -0.590. The third-order valence-electron chi connectivity index (χ3n) is 4.82. The number of amides is 1. The Labute approximate surface area is 168 Å². The second kappa shape index (κ2) is 8.72. The molecule has 1 atom stereocenters. The molecular formula is C21H23N3O5. The van der Waals surface area contributed by atoms with Crippen molar-refractivity contribution in [1.29, 1.82) is 0 Å². The van der Waals surface area contributed by atoms with Crippen molar-refractivity contribution in [3.63, 3.8) is 0 Å². The highest BCUT2D eigenvalue weighted by Gasteiger charge is 2.20. The fourth-order valence-corrected chi connectivity index (χ4v) is 3.31. The number of nitro groups is 1. The van der Waals surface area contributed by atoms with Crippen LogP contribution in [-0.4, -0.2) is 36.5 Å². The van der Waals surface area contributed by atoms with Gasteiger partial charge in [0.1, 0.15) is 0 Å². The first-order valence-corrected chi connectivity index (χ1v) is 9.50. The minimum absolute atomic E-state index is 0.0136. The van der Waals surface area contributed by atoms with Crippen LogP contribution in [0.1, 0.15) is 41.0 Å². The molecule has 1 fully saturated rings. The first kappa shape index (κ1) is 20.3. The van der Waals surface area contributed by atoms with Crippen molar-refractivity contribution in [3.05, 3.63) is 63.7 Å². The summed E-state index contributed by atoms with van der Waals surface area (Å²) in [4.78, 5) is 37.4. The Morgan fingerprint density at radius 2 is 1.90 bits per heavy atom. The molecule has 2 aromatic rings. The molecule has 0 bridgehead atoms. The number of ether oxygens (including phenoxy) is 1. The normalized spacial score (nSPS) is 15.8. The average molecular weight is 397 g/mol. The monoisotopic (exact) mass is 397 g/mol. The van der Waals surface area contributed by atoms with Crippen LogP contribution >= 0.6 is 0 Å². The first-order chi connectivity index (χ1) is 13.9. The van der Waals surface area contributed by atoms with Gasteiger partial charge in [-0.2, -0.15) is 0 Å². The number of hydrogen-bond donors (Lipinski definition) is 1. The Kier molecular flexibility index (Phi) is 6.11. The maximum absolute atomic E-state index is 12.6. The van der Waals surface area contributed by atoms with Crippen LogP contribution in [0, 0.1) is 16.0 Å². The molecule has 8 heteroatoms. The minimum atomic E-state index is -0.713. The number of esters is 1. The van der Waals surface area contributed by atoms with Crippen molar-refractivity contribution < 1.29 is 19.2 Å². The van der Waals surface area contributed by atoms with Crippen molar-refractivity contribution >= 4 is 28.9 Å². The van der Waals surface area contributed by atoms with Crippen LogP contribution in [0.15, 0.2) is 42.5 Å². The minimum Gasteiger partial charge on any atom is -0.462 e. The molecule has 1 amide bonds. The molecule has 0 spiro atoms. The number of hydrogen-bond acceptors (Lipinski definition) is 6. The molecule has 1 unspecified atom stereocenters. The predicted molar refractivity (Wildman–Crippen MR) is 109 cm³/mol. The highest BCUT2D eigenvalue weighted by atomic mass is 16.6. The van der Waals surface area contributed by atoms with E-state index < -0.39 is 16.8 Å². The van der Waals surface area contributed by atoms with Gasteiger partial charge < -0.3 is 15.0 Å². The lowest BCUT2D eigenvalue weighted by atomic mass is 10.1. The van der Waals surface area contributed by atoms with E-state index in [0.717, 1.165) is 37.3 Å². The van der Waals surface area contributed by atoms with Crippen LogP contribution in [-0.2, 0) is 4.74 Å². The lowest BCUT2D eigenvalue weighted by molar-refractivity contribution is -0.384. The van der Waals surface area contributed by atoms with Gasteiger partial charge in [0.2, 0.25) is 0 Å². The molecule has 1 aliphatic heterocycles. The Bertz CT molecular complexity index is 926. The van der Waals surface area contributed by atoms with Gasteiger partial charge in [0.15, 0.2) is 0 Å². The summed E-state index contributed by atoms with van der Waals surface area (Å²) in [5.41, 5.74) is 1.28. The summed E-state index contributed by atoms with van der Waals surface area (Å²) in [6, 6.07) is 11.0. The summed E-state index contributed by atoms with van der Waals surface area (Å²) in [6.45, 7) is 6.01. The third kappa shape index (κ3) is 4.90. The Morgan fingerprint density at radius 1 is 1.21 bits per heavy atom. The van der Waals surface area contributed by atoms with E-state index in [9.17, 15) is 19.7 Å². The summed E-state index contributed by atoms with van der Waals surface area (Å²) >= 11 is 0. The molecule has 1 aliphatic rings. The number of anilines is 2. The maximum Gasteiger partial charge on any atom is 0.338 e. The van der Waals surface area contributed by atoms with Gasteiger partial charge in [0.25, 0.3) is 11.6 Å². The zero-order chi connectivity index (χ0) is 21.0. The molecule has 0 saturated carbocycles. The van der Waals surface area contributed by atoms with E-state index in [2.05, 4.69) is 17.1 Å². The number of nitrogens with one attached hydrogen (secondary N) is 1. The number of rotatable bonds is 6. The van der Waals surface area contributed by atoms with E-state index >= 15 is 0 Å². The molecule has 2 aromatic carbocycles. The molecule has 3 rings (SSSR count). The lowest BCUT2D eigenvalue weighted by Gasteiger charge is -2.18. The number of carbonyl (C=O) groups is 2. The van der Waals surface area contributed by atoms with Crippen LogP contribution < -0.4 is 10.2 Å². The summed E-state index contributed by atoms with van der Waals surface area (Å²) in [7, 11) is 0. The van der Waals surface area contributed by atoms with Gasteiger partial charge in [0.05, 0.1) is 17.1 Å². The molecule has 8 nitrogen and oxygen atoms in total.